The van der Waals surface area contributed by atoms with Crippen LogP contribution in [0, 0.1) is 0 Å². The molecule has 0 spiro atoms. The van der Waals surface area contributed by atoms with Crippen molar-refractivity contribution < 1.29 is 4.74 Å². The molecule has 0 aromatic carbocycles. The summed E-state index contributed by atoms with van der Waals surface area (Å²) < 4.78 is 5.98. The second-order valence-corrected chi connectivity index (χ2v) is 9.47. The van der Waals surface area contributed by atoms with Crippen LogP contribution in [-0.2, 0) is 17.7 Å². The molecular formula is C21H30N6O2S2. The highest BCUT2D eigenvalue weighted by atomic mass is 32.1. The number of thiophene rings is 1. The molecule has 0 aliphatic rings. The Kier molecular flexibility index (Phi) is 9.16. The largest absolute Gasteiger partial charge is 0.370 e. The molecule has 3 aromatic heterocycles. The normalized spacial score (nSPS) is 12.4. The Morgan fingerprint density at radius 3 is 2.84 bits per heavy atom. The summed E-state index contributed by atoms with van der Waals surface area (Å²) in [6.07, 6.45) is 3.89. The average Bonchev–Trinajstić information content (AvgIpc) is 3.41. The van der Waals surface area contributed by atoms with E-state index in [4.69, 9.17) is 10.5 Å². The fourth-order valence-corrected chi connectivity index (χ4v) is 4.86. The second kappa shape index (κ2) is 12.1. The van der Waals surface area contributed by atoms with Crippen LogP contribution in [0.25, 0.3) is 0 Å². The van der Waals surface area contributed by atoms with Crippen LogP contribution < -0.4 is 16.6 Å². The van der Waals surface area contributed by atoms with E-state index >= 15 is 0 Å². The molecule has 31 heavy (non-hydrogen) atoms. The third-order valence-corrected chi connectivity index (χ3v) is 6.27. The first kappa shape index (κ1) is 23.6. The number of hydrogen-bond acceptors (Lipinski definition) is 9. The molecule has 0 saturated carbocycles. The Morgan fingerprint density at radius 1 is 1.29 bits per heavy atom. The van der Waals surface area contributed by atoms with Crippen LogP contribution in [0.15, 0.2) is 34.0 Å². The SMILES string of the molecule is CN(C)Cc1ccc(Cc2cnc(NCCOC(CCCN)c3cscn3)[nH]c2=O)s1. The first-order chi connectivity index (χ1) is 15.0. The van der Waals surface area contributed by atoms with Gasteiger partial charge in [0.15, 0.2) is 0 Å². The van der Waals surface area contributed by atoms with Gasteiger partial charge >= 0.3 is 0 Å². The van der Waals surface area contributed by atoms with Crippen LogP contribution in [0.2, 0.25) is 0 Å². The van der Waals surface area contributed by atoms with Gasteiger partial charge in [-0.25, -0.2) is 9.97 Å². The molecule has 0 amide bonds. The molecule has 0 aliphatic carbocycles. The van der Waals surface area contributed by atoms with E-state index in [2.05, 4.69) is 37.3 Å². The summed E-state index contributed by atoms with van der Waals surface area (Å²) in [6.45, 7) is 2.54. The summed E-state index contributed by atoms with van der Waals surface area (Å²) in [7, 11) is 4.09. The molecule has 4 N–H and O–H groups in total. The predicted molar refractivity (Wildman–Crippen MR) is 127 cm³/mol. The Labute approximate surface area is 190 Å². The minimum absolute atomic E-state index is 0.0610. The molecular weight excluding hydrogens is 432 g/mol. The maximum Gasteiger partial charge on any atom is 0.255 e. The molecule has 0 aliphatic heterocycles. The molecule has 0 saturated heterocycles. The summed E-state index contributed by atoms with van der Waals surface area (Å²) in [6, 6.07) is 4.19. The first-order valence-corrected chi connectivity index (χ1v) is 12.0. The summed E-state index contributed by atoms with van der Waals surface area (Å²) in [5.74, 6) is 0.448. The van der Waals surface area contributed by atoms with Gasteiger partial charge in [0, 0.05) is 46.4 Å². The highest BCUT2D eigenvalue weighted by molar-refractivity contribution is 7.12. The van der Waals surface area contributed by atoms with Crippen molar-refractivity contribution >= 4 is 28.6 Å². The zero-order valence-corrected chi connectivity index (χ0v) is 19.6. The molecule has 168 valence electrons. The number of nitrogens with zero attached hydrogens (tertiary/aromatic N) is 3. The summed E-state index contributed by atoms with van der Waals surface area (Å²) in [5, 5.41) is 5.13. The van der Waals surface area contributed by atoms with Crippen LogP contribution in [0.1, 0.15) is 40.0 Å². The Bertz CT molecular complexity index is 970. The molecule has 10 heteroatoms. The lowest BCUT2D eigenvalue weighted by Crippen LogP contribution is -2.19. The molecule has 3 aromatic rings. The van der Waals surface area contributed by atoms with Crippen molar-refractivity contribution in [1.29, 1.82) is 0 Å². The quantitative estimate of drug-likeness (QED) is 0.335. The van der Waals surface area contributed by atoms with Crippen molar-refractivity contribution in [3.05, 3.63) is 60.6 Å². The number of thiazole rings is 1. The molecule has 3 rings (SSSR count). The number of rotatable bonds is 13. The monoisotopic (exact) mass is 462 g/mol. The second-order valence-electron chi connectivity index (χ2n) is 7.50. The van der Waals surface area contributed by atoms with Crippen LogP contribution >= 0.6 is 22.7 Å². The van der Waals surface area contributed by atoms with Crippen molar-refractivity contribution in [2.24, 2.45) is 5.73 Å². The lowest BCUT2D eigenvalue weighted by atomic mass is 10.1. The van der Waals surface area contributed by atoms with Crippen molar-refractivity contribution in [1.82, 2.24) is 19.9 Å². The third kappa shape index (κ3) is 7.51. The molecule has 0 radical (unpaired) electrons. The van der Waals surface area contributed by atoms with Gasteiger partial charge in [-0.3, -0.25) is 9.78 Å². The van der Waals surface area contributed by atoms with Gasteiger partial charge in [-0.2, -0.15) is 0 Å². The van der Waals surface area contributed by atoms with Crippen molar-refractivity contribution in [3.8, 4) is 0 Å². The van der Waals surface area contributed by atoms with Crippen molar-refractivity contribution in [2.75, 3.05) is 39.1 Å². The topological polar surface area (TPSA) is 109 Å². The van der Waals surface area contributed by atoms with Crippen molar-refractivity contribution in [3.63, 3.8) is 0 Å². The number of aromatic amines is 1. The van der Waals surface area contributed by atoms with Gasteiger partial charge in [0.1, 0.15) is 6.10 Å². The van der Waals surface area contributed by atoms with Gasteiger partial charge in [-0.05, 0) is 45.6 Å². The van der Waals surface area contributed by atoms with Gasteiger partial charge in [0.05, 0.1) is 17.8 Å². The minimum atomic E-state index is -0.121. The van der Waals surface area contributed by atoms with E-state index in [1.165, 1.54) is 4.88 Å². The lowest BCUT2D eigenvalue weighted by molar-refractivity contribution is 0.0501. The summed E-state index contributed by atoms with van der Waals surface area (Å²) in [4.78, 5) is 28.5. The Balaban J connectivity index is 1.48. The van der Waals surface area contributed by atoms with E-state index < -0.39 is 0 Å². The Hall–Kier alpha value is -2.11. The highest BCUT2D eigenvalue weighted by Gasteiger charge is 2.13. The van der Waals surface area contributed by atoms with Crippen LogP contribution in [0.4, 0.5) is 5.95 Å². The van der Waals surface area contributed by atoms with Crippen LogP contribution in [-0.4, -0.2) is 53.6 Å². The number of ether oxygens (including phenoxy) is 1. The number of nitrogens with two attached hydrogens (primary N) is 1. The maximum atomic E-state index is 12.5. The molecule has 1 unspecified atom stereocenters. The number of aromatic nitrogens is 3. The van der Waals surface area contributed by atoms with Gasteiger partial charge < -0.3 is 20.7 Å². The molecule has 0 fully saturated rings. The molecule has 3 heterocycles. The van der Waals surface area contributed by atoms with Crippen LogP contribution in [0.5, 0.6) is 0 Å². The van der Waals surface area contributed by atoms with E-state index in [-0.39, 0.29) is 11.7 Å². The fourth-order valence-electron chi connectivity index (χ4n) is 3.11. The van der Waals surface area contributed by atoms with E-state index in [1.807, 2.05) is 25.0 Å². The number of anilines is 1. The van der Waals surface area contributed by atoms with Gasteiger partial charge in [-0.15, -0.1) is 22.7 Å². The minimum Gasteiger partial charge on any atom is -0.370 e. The zero-order valence-electron chi connectivity index (χ0n) is 18.0. The number of nitrogens with one attached hydrogen (secondary N) is 2. The standard InChI is InChI=1S/C21H30N6O2S2/c1-27(2)12-17-6-5-16(31-17)10-15-11-24-21(26-20(15)28)23-8-9-29-19(4-3-7-22)18-13-30-14-25-18/h5-6,11,13-14,19H,3-4,7-10,12,22H2,1-2H3,(H2,23,24,26,28). The smallest absolute Gasteiger partial charge is 0.255 e. The third-order valence-electron chi connectivity index (χ3n) is 4.59. The lowest BCUT2D eigenvalue weighted by Gasteiger charge is -2.16. The zero-order chi connectivity index (χ0) is 22.1. The highest BCUT2D eigenvalue weighted by Crippen LogP contribution is 2.22. The fraction of sp³-hybridized carbons (Fsp3) is 0.476. The van der Waals surface area contributed by atoms with Crippen molar-refractivity contribution in [2.45, 2.75) is 31.9 Å². The first-order valence-electron chi connectivity index (χ1n) is 10.3. The predicted octanol–water partition coefficient (Wildman–Crippen LogP) is 2.85. The van der Waals surface area contributed by atoms with Gasteiger partial charge in [-0.1, -0.05) is 0 Å². The van der Waals surface area contributed by atoms with Crippen LogP contribution in [0.3, 0.4) is 0 Å². The summed E-state index contributed by atoms with van der Waals surface area (Å²) in [5.41, 5.74) is 8.91. The number of hydrogen-bond donors (Lipinski definition) is 3. The van der Waals surface area contributed by atoms with E-state index in [0.29, 0.717) is 37.6 Å². The number of H-pyrrole nitrogens is 1. The van der Waals surface area contributed by atoms with E-state index in [0.717, 1.165) is 30.0 Å². The molecule has 0 bridgehead atoms. The molecule has 8 nitrogen and oxygen atoms in total. The van der Waals surface area contributed by atoms with Gasteiger partial charge in [0.25, 0.3) is 5.56 Å². The molecule has 1 atom stereocenters. The van der Waals surface area contributed by atoms with E-state index in [9.17, 15) is 4.79 Å². The average molecular weight is 463 g/mol. The van der Waals surface area contributed by atoms with Gasteiger partial charge in [0.2, 0.25) is 5.95 Å². The summed E-state index contributed by atoms with van der Waals surface area (Å²) >= 11 is 3.28. The Morgan fingerprint density at radius 2 is 2.13 bits per heavy atom. The maximum absolute atomic E-state index is 12.5. The van der Waals surface area contributed by atoms with E-state index in [1.54, 1.807) is 28.9 Å².